The Morgan fingerprint density at radius 2 is 1.97 bits per heavy atom. The van der Waals surface area contributed by atoms with Crippen LogP contribution in [-0.2, 0) is 0 Å². The van der Waals surface area contributed by atoms with Gasteiger partial charge in [-0.1, -0.05) is 26.3 Å². The molecule has 1 unspecified atom stereocenters. The summed E-state index contributed by atoms with van der Waals surface area (Å²) in [5, 5.41) is 6.76. The van der Waals surface area contributed by atoms with E-state index in [4.69, 9.17) is 0 Å². The van der Waals surface area contributed by atoms with Crippen LogP contribution in [0.4, 0.5) is 28.9 Å². The van der Waals surface area contributed by atoms with Crippen LogP contribution in [0.25, 0.3) is 0 Å². The van der Waals surface area contributed by atoms with Gasteiger partial charge in [-0.25, -0.2) is 14.8 Å². The van der Waals surface area contributed by atoms with E-state index in [1.165, 1.54) is 22.3 Å². The maximum absolute atomic E-state index is 13.1. The van der Waals surface area contributed by atoms with Crippen LogP contribution in [0.5, 0.6) is 0 Å². The van der Waals surface area contributed by atoms with Crippen molar-refractivity contribution in [2.24, 2.45) is 0 Å². The van der Waals surface area contributed by atoms with Crippen molar-refractivity contribution in [2.45, 2.75) is 65.2 Å². The van der Waals surface area contributed by atoms with Crippen molar-refractivity contribution in [3.63, 3.8) is 0 Å². The Kier molecular flexibility index (Phi) is 8.37. The molecule has 2 aromatic heterocycles. The Labute approximate surface area is 183 Å². The van der Waals surface area contributed by atoms with Crippen molar-refractivity contribution in [1.29, 1.82) is 0 Å². The number of nitrogens with zero attached hydrogens (tertiary/aromatic N) is 3. The third-order valence-corrected chi connectivity index (χ3v) is 5.38. The lowest BCUT2D eigenvalue weighted by Gasteiger charge is -2.31. The minimum Gasteiger partial charge on any atom is -0.339 e. The van der Waals surface area contributed by atoms with Gasteiger partial charge in [-0.05, 0) is 38.3 Å². The fourth-order valence-electron chi connectivity index (χ4n) is 2.96. The van der Waals surface area contributed by atoms with E-state index in [2.05, 4.69) is 15.3 Å². The van der Waals surface area contributed by atoms with Crippen molar-refractivity contribution in [3.8, 4) is 0 Å². The first-order chi connectivity index (χ1) is 14.6. The zero-order valence-corrected chi connectivity index (χ0v) is 18.6. The lowest BCUT2D eigenvalue weighted by Crippen LogP contribution is -2.45. The first kappa shape index (κ1) is 24.6. The number of aryl methyl sites for hydroxylation is 1. The number of thiazole rings is 1. The lowest BCUT2D eigenvalue weighted by atomic mass is 10.1. The summed E-state index contributed by atoms with van der Waals surface area (Å²) < 4.78 is 38.5. The maximum Gasteiger partial charge on any atom is 0.408 e. The summed E-state index contributed by atoms with van der Waals surface area (Å²) in [5.74, 6) is -0.739. The van der Waals surface area contributed by atoms with E-state index in [1.807, 2.05) is 19.2 Å². The van der Waals surface area contributed by atoms with Crippen molar-refractivity contribution in [2.75, 3.05) is 10.2 Å². The van der Waals surface area contributed by atoms with E-state index in [-0.39, 0.29) is 17.6 Å². The molecule has 2 aromatic rings. The molecular weight excluding hydrogens is 431 g/mol. The predicted molar refractivity (Wildman–Crippen MR) is 115 cm³/mol. The molecule has 2 atom stereocenters. The second kappa shape index (κ2) is 10.6. The zero-order chi connectivity index (χ0) is 23.2. The van der Waals surface area contributed by atoms with Gasteiger partial charge >= 0.3 is 12.2 Å². The van der Waals surface area contributed by atoms with E-state index in [1.54, 1.807) is 24.6 Å². The molecule has 0 spiro atoms. The summed E-state index contributed by atoms with van der Waals surface area (Å²) in [7, 11) is 0. The number of hydrogen-bond acceptors (Lipinski definition) is 5. The van der Waals surface area contributed by atoms with Gasteiger partial charge in [0, 0.05) is 17.6 Å². The highest BCUT2D eigenvalue weighted by Gasteiger charge is 2.37. The number of alkyl halides is 3. The Bertz CT molecular complexity index is 889. The standard InChI is InChI=1S/C20H26F3N5O2S/c1-5-7-14(6-2)28(19(30)27-18-24-10-11-31-18)16-12(3)8-9-15(26-16)17(29)25-13(4)20(21,22)23/h8-11,13-14H,5-7H2,1-4H3,(H,25,29)(H,24,27,30)/t13-,14?/m1/s1. The molecule has 0 saturated carbocycles. The highest BCUT2D eigenvalue weighted by atomic mass is 32.1. The van der Waals surface area contributed by atoms with E-state index in [9.17, 15) is 22.8 Å². The minimum absolute atomic E-state index is 0.199. The Morgan fingerprint density at radius 1 is 1.26 bits per heavy atom. The molecule has 0 fully saturated rings. The van der Waals surface area contributed by atoms with Gasteiger partial charge in [0.25, 0.3) is 5.91 Å². The first-order valence-electron chi connectivity index (χ1n) is 9.93. The minimum atomic E-state index is -4.57. The molecule has 2 N–H and O–H groups in total. The van der Waals surface area contributed by atoms with Gasteiger partial charge in [0.15, 0.2) is 5.13 Å². The molecule has 31 heavy (non-hydrogen) atoms. The van der Waals surface area contributed by atoms with Crippen LogP contribution < -0.4 is 15.5 Å². The Balaban J connectivity index is 2.41. The lowest BCUT2D eigenvalue weighted by molar-refractivity contribution is -0.149. The smallest absolute Gasteiger partial charge is 0.339 e. The van der Waals surface area contributed by atoms with Gasteiger partial charge in [-0.3, -0.25) is 15.0 Å². The summed E-state index contributed by atoms with van der Waals surface area (Å²) in [4.78, 5) is 35.3. The number of carbonyl (C=O) groups excluding carboxylic acids is 2. The molecular formula is C20H26F3N5O2S. The van der Waals surface area contributed by atoms with Crippen LogP contribution in [0, 0.1) is 6.92 Å². The molecule has 0 bridgehead atoms. The van der Waals surface area contributed by atoms with Gasteiger partial charge in [-0.15, -0.1) is 11.3 Å². The van der Waals surface area contributed by atoms with Gasteiger partial charge in [0.1, 0.15) is 17.6 Å². The number of pyridine rings is 1. The highest BCUT2D eigenvalue weighted by Crippen LogP contribution is 2.26. The second-order valence-corrected chi connectivity index (χ2v) is 7.96. The van der Waals surface area contributed by atoms with Gasteiger partial charge < -0.3 is 5.32 Å². The van der Waals surface area contributed by atoms with E-state index in [0.717, 1.165) is 13.3 Å². The van der Waals surface area contributed by atoms with Crippen molar-refractivity contribution in [3.05, 3.63) is 35.0 Å². The van der Waals surface area contributed by atoms with E-state index >= 15 is 0 Å². The summed E-state index contributed by atoms with van der Waals surface area (Å²) in [6.45, 7) is 6.50. The summed E-state index contributed by atoms with van der Waals surface area (Å²) in [5.41, 5.74) is 0.416. The zero-order valence-electron chi connectivity index (χ0n) is 17.8. The third-order valence-electron chi connectivity index (χ3n) is 4.69. The molecule has 2 rings (SSSR count). The average Bonchev–Trinajstić information content (AvgIpc) is 3.20. The highest BCUT2D eigenvalue weighted by molar-refractivity contribution is 7.13. The number of urea groups is 1. The molecule has 0 radical (unpaired) electrons. The number of anilines is 2. The molecule has 0 aliphatic rings. The third kappa shape index (κ3) is 6.39. The largest absolute Gasteiger partial charge is 0.408 e. The molecule has 3 amide bonds. The van der Waals surface area contributed by atoms with Crippen molar-refractivity contribution < 1.29 is 22.8 Å². The molecule has 2 heterocycles. The maximum atomic E-state index is 13.1. The Hall–Kier alpha value is -2.69. The van der Waals surface area contributed by atoms with Crippen LogP contribution in [0.2, 0.25) is 0 Å². The van der Waals surface area contributed by atoms with Gasteiger partial charge in [-0.2, -0.15) is 13.2 Å². The van der Waals surface area contributed by atoms with Gasteiger partial charge in [0.2, 0.25) is 0 Å². The van der Waals surface area contributed by atoms with E-state index in [0.29, 0.717) is 23.5 Å². The van der Waals surface area contributed by atoms with Crippen LogP contribution >= 0.6 is 11.3 Å². The van der Waals surface area contributed by atoms with Crippen LogP contribution in [0.1, 0.15) is 56.1 Å². The predicted octanol–water partition coefficient (Wildman–Crippen LogP) is 5.14. The molecule has 0 saturated heterocycles. The van der Waals surface area contributed by atoms with Crippen molar-refractivity contribution >= 4 is 34.2 Å². The average molecular weight is 458 g/mol. The molecule has 0 aromatic carbocycles. The number of hydrogen-bond donors (Lipinski definition) is 2. The fraction of sp³-hybridized carbons (Fsp3) is 0.500. The Morgan fingerprint density at radius 3 is 2.52 bits per heavy atom. The fourth-order valence-corrected chi connectivity index (χ4v) is 3.48. The topological polar surface area (TPSA) is 87.2 Å². The van der Waals surface area contributed by atoms with Crippen LogP contribution in [0.3, 0.4) is 0 Å². The number of nitrogens with one attached hydrogen (secondary N) is 2. The summed E-state index contributed by atoms with van der Waals surface area (Å²) in [6, 6.07) is 0.197. The molecule has 7 nitrogen and oxygen atoms in total. The number of halogens is 3. The molecule has 170 valence electrons. The van der Waals surface area contributed by atoms with Crippen LogP contribution in [-0.4, -0.2) is 40.2 Å². The number of amides is 3. The molecule has 0 aliphatic carbocycles. The SMILES string of the molecule is CCCC(CC)N(C(=O)Nc1nccs1)c1nc(C(=O)N[C@H](C)C(F)(F)F)ccc1C. The first-order valence-corrected chi connectivity index (χ1v) is 10.8. The number of aromatic nitrogens is 2. The molecule has 11 heteroatoms. The van der Waals surface area contributed by atoms with E-state index < -0.39 is 24.2 Å². The van der Waals surface area contributed by atoms with Crippen LogP contribution in [0.15, 0.2) is 23.7 Å². The summed E-state index contributed by atoms with van der Waals surface area (Å²) in [6.07, 6.45) is -0.893. The quantitative estimate of drug-likeness (QED) is 0.574. The number of rotatable bonds is 8. The molecule has 0 aliphatic heterocycles. The second-order valence-electron chi connectivity index (χ2n) is 7.06. The van der Waals surface area contributed by atoms with Gasteiger partial charge in [0.05, 0.1) is 0 Å². The summed E-state index contributed by atoms with van der Waals surface area (Å²) >= 11 is 1.26. The monoisotopic (exact) mass is 457 g/mol. The van der Waals surface area contributed by atoms with Crippen molar-refractivity contribution in [1.82, 2.24) is 15.3 Å². The number of carbonyl (C=O) groups is 2. The normalized spacial score (nSPS) is 13.4.